The van der Waals surface area contributed by atoms with E-state index in [4.69, 9.17) is 9.47 Å². The number of unbranched alkanes of at least 4 members (excludes halogenated alkanes) is 2. The Hall–Kier alpha value is -1.75. The molecule has 0 unspecified atom stereocenters. The summed E-state index contributed by atoms with van der Waals surface area (Å²) in [4.78, 5) is 5.21. The van der Waals surface area contributed by atoms with Crippen LogP contribution in [0.2, 0.25) is 0 Å². The second-order valence-corrected chi connectivity index (χ2v) is 7.80. The average molecular weight is 378 g/mol. The van der Waals surface area contributed by atoms with E-state index >= 15 is 0 Å². The van der Waals surface area contributed by atoms with Crippen molar-refractivity contribution in [1.29, 1.82) is 0 Å². The zero-order valence-corrected chi connectivity index (χ0v) is 17.2. The smallest absolute Gasteiger partial charge is 0.487 e. The Balaban J connectivity index is 2.02. The first-order chi connectivity index (χ1) is 13.1. The fourth-order valence-electron chi connectivity index (χ4n) is 3.70. The third kappa shape index (κ3) is 7.79. The third-order valence-electron chi connectivity index (χ3n) is 5.09. The molecule has 0 heterocycles. The van der Waals surface area contributed by atoms with Crippen LogP contribution in [0.25, 0.3) is 0 Å². The predicted molar refractivity (Wildman–Crippen MR) is 110 cm³/mol. The van der Waals surface area contributed by atoms with Crippen LogP contribution in [0.15, 0.2) is 24.3 Å². The van der Waals surface area contributed by atoms with Crippen LogP contribution in [0.3, 0.4) is 0 Å². The molecule has 1 fully saturated rings. The molecule has 2 N–H and O–H groups in total. The molecule has 0 aliphatic heterocycles. The summed E-state index contributed by atoms with van der Waals surface area (Å²) in [5, 5.41) is 10.4. The minimum absolute atomic E-state index is 0.0417. The van der Waals surface area contributed by atoms with Gasteiger partial charge in [-0.25, -0.2) is 0 Å². The Labute approximate surface area is 164 Å². The molecule has 0 spiro atoms. The highest BCUT2D eigenvalue weighted by Gasteiger charge is 2.28. The van der Waals surface area contributed by atoms with Gasteiger partial charge in [-0.1, -0.05) is 44.7 Å². The fourth-order valence-corrected chi connectivity index (χ4v) is 3.70. The Morgan fingerprint density at radius 1 is 1.15 bits per heavy atom. The largest absolute Gasteiger partial charge is 0.551 e. The lowest BCUT2D eigenvalue weighted by Gasteiger charge is -2.26. The van der Waals surface area contributed by atoms with Gasteiger partial charge in [0, 0.05) is 18.5 Å². The fraction of sp³-hybridized carbons (Fsp3) is 0.682. The number of hydrogen-bond acceptors (Lipinski definition) is 3. The maximum Gasteiger partial charge on any atom is 0.551 e. The molecule has 2 rings (SSSR count). The normalized spacial score (nSPS) is 21.1. The molecule has 1 aliphatic rings. The number of benzene rings is 1. The van der Waals surface area contributed by atoms with Gasteiger partial charge in [0.05, 0.1) is 6.61 Å². The molecular formula is C22H37N2O3+. The second-order valence-electron chi connectivity index (χ2n) is 7.80. The Morgan fingerprint density at radius 2 is 1.93 bits per heavy atom. The van der Waals surface area contributed by atoms with Crippen LogP contribution in [0.5, 0.6) is 5.75 Å². The summed E-state index contributed by atoms with van der Waals surface area (Å²) in [6.45, 7) is 3.84. The van der Waals surface area contributed by atoms with Gasteiger partial charge in [0.15, 0.2) is 5.75 Å². The molecule has 5 nitrogen and oxygen atoms in total. The van der Waals surface area contributed by atoms with E-state index in [2.05, 4.69) is 30.9 Å². The summed E-state index contributed by atoms with van der Waals surface area (Å²) in [6.07, 6.45) is 9.03. The lowest BCUT2D eigenvalue weighted by Crippen LogP contribution is -2.68. The van der Waals surface area contributed by atoms with E-state index in [1.54, 1.807) is 0 Å². The minimum atomic E-state index is -0.129. The molecule has 2 atom stereocenters. The number of hydrogen-bond donors (Lipinski definition) is 2. The van der Waals surface area contributed by atoms with Crippen molar-refractivity contribution in [3.8, 4) is 5.75 Å². The van der Waals surface area contributed by atoms with Crippen molar-refractivity contribution in [2.45, 2.75) is 64.4 Å². The molecule has 1 aromatic rings. The molecule has 0 amide bonds. The van der Waals surface area contributed by atoms with Gasteiger partial charge >= 0.3 is 6.08 Å². The van der Waals surface area contributed by atoms with Gasteiger partial charge < -0.3 is 19.5 Å². The summed E-state index contributed by atoms with van der Waals surface area (Å²) in [7, 11) is 4.19. The van der Waals surface area contributed by atoms with Crippen LogP contribution in [0.1, 0.15) is 58.3 Å². The summed E-state index contributed by atoms with van der Waals surface area (Å²) in [5.41, 5.74) is 0.740. The predicted octanol–water partition coefficient (Wildman–Crippen LogP) is 3.41. The van der Waals surface area contributed by atoms with E-state index in [9.17, 15) is 5.11 Å². The van der Waals surface area contributed by atoms with Gasteiger partial charge in [-0.15, -0.1) is 4.99 Å². The van der Waals surface area contributed by atoms with Gasteiger partial charge in [-0.3, -0.25) is 0 Å². The molecule has 27 heavy (non-hydrogen) atoms. The van der Waals surface area contributed by atoms with Crippen molar-refractivity contribution >= 4 is 11.8 Å². The topological polar surface area (TPSA) is 55.9 Å². The summed E-state index contributed by atoms with van der Waals surface area (Å²) < 4.78 is 11.8. The average Bonchev–Trinajstić information content (AvgIpc) is 2.85. The Morgan fingerprint density at radius 3 is 2.70 bits per heavy atom. The maximum atomic E-state index is 10.4. The molecule has 0 bridgehead atoms. The highest BCUT2D eigenvalue weighted by Crippen LogP contribution is 2.26. The van der Waals surface area contributed by atoms with Gasteiger partial charge in [0.2, 0.25) is 0 Å². The molecule has 152 valence electrons. The number of aliphatic hydroxyl groups excluding tert-OH is 1. The monoisotopic (exact) mass is 377 g/mol. The molecule has 0 radical (unpaired) electrons. The van der Waals surface area contributed by atoms with Crippen molar-refractivity contribution in [2.24, 2.45) is 5.92 Å². The van der Waals surface area contributed by atoms with Crippen molar-refractivity contribution < 1.29 is 19.6 Å². The van der Waals surface area contributed by atoms with Crippen LogP contribution >= 0.6 is 0 Å². The van der Waals surface area contributed by atoms with Crippen LogP contribution in [0.4, 0.5) is 5.69 Å². The van der Waals surface area contributed by atoms with Crippen LogP contribution in [-0.2, 0) is 4.74 Å². The molecule has 0 aromatic heterocycles. The quantitative estimate of drug-likeness (QED) is 0.300. The molecule has 0 saturated heterocycles. The van der Waals surface area contributed by atoms with Crippen molar-refractivity contribution in [1.82, 2.24) is 4.90 Å². The zero-order chi connectivity index (χ0) is 19.5. The molecule has 1 saturated carbocycles. The van der Waals surface area contributed by atoms with E-state index in [0.717, 1.165) is 50.1 Å². The van der Waals surface area contributed by atoms with Crippen molar-refractivity contribution in [3.05, 3.63) is 24.3 Å². The lowest BCUT2D eigenvalue weighted by atomic mass is 9.97. The van der Waals surface area contributed by atoms with Crippen LogP contribution in [-0.4, -0.2) is 49.4 Å². The summed E-state index contributed by atoms with van der Waals surface area (Å²) in [6, 6.07) is 7.69. The molecule has 1 aromatic carbocycles. The summed E-state index contributed by atoms with van der Waals surface area (Å²) in [5.74, 6) is 1.18. The van der Waals surface area contributed by atoms with Gasteiger partial charge in [0.1, 0.15) is 6.10 Å². The standard InChI is InChI=1S/C22H36N2O3/c1-4-5-11-16-26-21-15-10-9-13-19(21)23-22(25)27-20-14-8-6-7-12-18(20)17-24(2)3/h9-10,13,15,18,20H,4-8,11-12,14,16-17H2,1-3H3,(H,23,25)/p+1/t18-,20+/m1/s1. The Bertz CT molecular complexity index is 574. The lowest BCUT2D eigenvalue weighted by molar-refractivity contribution is -0.385. The van der Waals surface area contributed by atoms with E-state index in [1.165, 1.54) is 19.3 Å². The van der Waals surface area contributed by atoms with Gasteiger partial charge in [-0.05, 0) is 45.8 Å². The first-order valence-electron chi connectivity index (χ1n) is 10.5. The van der Waals surface area contributed by atoms with E-state index < -0.39 is 0 Å². The zero-order valence-electron chi connectivity index (χ0n) is 17.2. The van der Waals surface area contributed by atoms with E-state index in [-0.39, 0.29) is 12.2 Å². The van der Waals surface area contributed by atoms with Gasteiger partial charge in [0.25, 0.3) is 5.69 Å². The maximum absolute atomic E-state index is 10.4. The van der Waals surface area contributed by atoms with Crippen LogP contribution in [0, 0.1) is 5.92 Å². The highest BCUT2D eigenvalue weighted by molar-refractivity contribution is 5.60. The SMILES string of the molecule is CCCCCOc1ccccc1[NH+]=C(O)O[C@H]1CCCCC[C@@H]1CN(C)C. The van der Waals surface area contributed by atoms with E-state index in [1.807, 2.05) is 24.3 Å². The van der Waals surface area contributed by atoms with E-state index in [0.29, 0.717) is 12.5 Å². The number of nitrogens with one attached hydrogen (secondary N) is 1. The Kier molecular flexibility index (Phi) is 9.46. The van der Waals surface area contributed by atoms with Crippen LogP contribution < -0.4 is 9.73 Å². The molecule has 1 aliphatic carbocycles. The molecular weight excluding hydrogens is 340 g/mol. The first-order valence-corrected chi connectivity index (χ1v) is 10.5. The first kappa shape index (κ1) is 21.5. The van der Waals surface area contributed by atoms with Crippen molar-refractivity contribution in [3.63, 3.8) is 0 Å². The number of nitrogens with zero attached hydrogens (tertiary/aromatic N) is 1. The number of rotatable bonds is 9. The molecule has 5 heteroatoms. The number of para-hydroxylation sites is 2. The minimum Gasteiger partial charge on any atom is -0.487 e. The van der Waals surface area contributed by atoms with Crippen molar-refractivity contribution in [2.75, 3.05) is 27.2 Å². The number of aliphatic hydroxyl groups is 1. The number of ether oxygens (including phenoxy) is 2. The third-order valence-corrected chi connectivity index (χ3v) is 5.09. The second kappa shape index (κ2) is 11.9. The highest BCUT2D eigenvalue weighted by atomic mass is 16.6. The summed E-state index contributed by atoms with van der Waals surface area (Å²) >= 11 is 0. The van der Waals surface area contributed by atoms with Gasteiger partial charge in [-0.2, -0.15) is 0 Å².